The second-order valence-electron chi connectivity index (χ2n) is 10.9. The molecule has 238 valence electrons. The molecule has 4 aromatic rings. The summed E-state index contributed by atoms with van der Waals surface area (Å²) in [5, 5.41) is 0.720. The Balaban J connectivity index is 1.94. The van der Waals surface area contributed by atoms with Gasteiger partial charge in [0.2, 0.25) is 0 Å². The van der Waals surface area contributed by atoms with E-state index < -0.39 is 13.0 Å². The molecule has 0 amide bonds. The van der Waals surface area contributed by atoms with E-state index in [-0.39, 0.29) is 0 Å². The number of rotatable bonds is 12. The van der Waals surface area contributed by atoms with Gasteiger partial charge in [-0.15, -0.1) is 0 Å². The van der Waals surface area contributed by atoms with Crippen LogP contribution in [0, 0.1) is 0 Å². The van der Waals surface area contributed by atoms with Gasteiger partial charge in [-0.3, -0.25) is 0 Å². The van der Waals surface area contributed by atoms with E-state index in [1.54, 1.807) is 42.7 Å². The van der Waals surface area contributed by atoms with Gasteiger partial charge in [-0.05, 0) is 60.9 Å². The number of methoxy groups -OCH3 is 6. The predicted octanol–water partition coefficient (Wildman–Crippen LogP) is 8.27. The topological polar surface area (TPSA) is 81.7 Å². The number of hydrogen-bond donors (Lipinski definition) is 0. The number of unbranched alkanes of at least 4 members (excludes halogenated alkanes) is 1. The molecule has 2 atom stereocenters. The van der Waals surface area contributed by atoms with Gasteiger partial charge in [0, 0.05) is 35.0 Å². The van der Waals surface area contributed by atoms with E-state index in [0.29, 0.717) is 52.0 Å². The Morgan fingerprint density at radius 1 is 0.667 bits per heavy atom. The minimum absolute atomic E-state index is 0.440. The predicted molar refractivity (Wildman–Crippen MR) is 179 cm³/mol. The lowest BCUT2D eigenvalue weighted by Crippen LogP contribution is -2.14. The van der Waals surface area contributed by atoms with Gasteiger partial charge in [0.15, 0.2) is 13.0 Å². The Morgan fingerprint density at radius 2 is 1.16 bits per heavy atom. The quantitative estimate of drug-likeness (QED) is 0.144. The second-order valence-corrected chi connectivity index (χ2v) is 14.1. The first-order chi connectivity index (χ1) is 21.8. The third-order valence-electron chi connectivity index (χ3n) is 8.34. The van der Waals surface area contributed by atoms with Crippen LogP contribution >= 0.6 is 7.14 Å². The van der Waals surface area contributed by atoms with Gasteiger partial charge in [-0.1, -0.05) is 25.5 Å². The van der Waals surface area contributed by atoms with E-state index in [4.69, 9.17) is 33.2 Å². The minimum Gasteiger partial charge on any atom is -0.497 e. The maximum Gasteiger partial charge on any atom is 0.158 e. The van der Waals surface area contributed by atoms with Gasteiger partial charge >= 0.3 is 0 Å². The largest absolute Gasteiger partial charge is 0.497 e. The standard InChI is InChI=1S/C36H41O8P/c1-9-10-14-45(37)22(2)44-32-13-11-12-29(36(32)45)33-34(42-7)30(23-15-25(38-3)19-26(16-23)39-4)21-31(35(33)43-8)24-17-27(40-5)20-28(18-24)41-6/h11-13,15-22H,9-10,14H2,1-8H3/t22-,45?/m0/s1. The summed E-state index contributed by atoms with van der Waals surface area (Å²) in [6.45, 7) is 4.01. The molecule has 1 heterocycles. The molecule has 1 aliphatic rings. The van der Waals surface area contributed by atoms with Gasteiger partial charge in [0.1, 0.15) is 40.2 Å². The highest BCUT2D eigenvalue weighted by atomic mass is 31.2. The Bertz CT molecular complexity index is 1620. The molecule has 0 bridgehead atoms. The molecule has 1 unspecified atom stereocenters. The summed E-state index contributed by atoms with van der Waals surface area (Å²) in [5.41, 5.74) is 4.54. The molecular formula is C36H41O8P. The van der Waals surface area contributed by atoms with Crippen LogP contribution in [-0.2, 0) is 4.57 Å². The van der Waals surface area contributed by atoms with Crippen molar-refractivity contribution in [2.24, 2.45) is 0 Å². The third-order valence-corrected chi connectivity index (χ3v) is 11.8. The number of ether oxygens (including phenoxy) is 7. The molecule has 5 rings (SSSR count). The molecule has 0 aromatic heterocycles. The van der Waals surface area contributed by atoms with Crippen molar-refractivity contribution in [3.05, 3.63) is 60.7 Å². The highest BCUT2D eigenvalue weighted by molar-refractivity contribution is 7.73. The van der Waals surface area contributed by atoms with Crippen molar-refractivity contribution in [1.29, 1.82) is 0 Å². The molecule has 8 nitrogen and oxygen atoms in total. The molecule has 0 aliphatic carbocycles. The molecule has 0 fully saturated rings. The first-order valence-corrected chi connectivity index (χ1v) is 16.9. The molecule has 0 N–H and O–H groups in total. The molecule has 4 aromatic carbocycles. The monoisotopic (exact) mass is 632 g/mol. The normalized spacial score (nSPS) is 16.8. The van der Waals surface area contributed by atoms with Crippen molar-refractivity contribution in [2.75, 3.05) is 48.8 Å². The van der Waals surface area contributed by atoms with Crippen molar-refractivity contribution in [2.45, 2.75) is 32.5 Å². The van der Waals surface area contributed by atoms with E-state index in [9.17, 15) is 4.57 Å². The fourth-order valence-corrected chi connectivity index (χ4v) is 9.13. The van der Waals surface area contributed by atoms with Gasteiger partial charge in [-0.2, -0.15) is 0 Å². The van der Waals surface area contributed by atoms with Crippen LogP contribution in [0.4, 0.5) is 0 Å². The molecule has 0 spiro atoms. The summed E-state index contributed by atoms with van der Waals surface area (Å²) >= 11 is 0. The van der Waals surface area contributed by atoms with Crippen LogP contribution in [0.5, 0.6) is 40.2 Å². The molecular weight excluding hydrogens is 591 g/mol. The van der Waals surface area contributed by atoms with Gasteiger partial charge < -0.3 is 37.7 Å². The van der Waals surface area contributed by atoms with Crippen LogP contribution in [0.1, 0.15) is 26.7 Å². The lowest BCUT2D eigenvalue weighted by molar-refractivity contribution is 0.307. The average molecular weight is 633 g/mol. The Morgan fingerprint density at radius 3 is 1.58 bits per heavy atom. The van der Waals surface area contributed by atoms with Crippen molar-refractivity contribution in [3.8, 4) is 73.6 Å². The highest BCUT2D eigenvalue weighted by Gasteiger charge is 2.44. The maximum atomic E-state index is 14.9. The van der Waals surface area contributed by atoms with Crippen molar-refractivity contribution >= 4 is 12.4 Å². The fourth-order valence-electron chi connectivity index (χ4n) is 6.02. The zero-order chi connectivity index (χ0) is 32.3. The van der Waals surface area contributed by atoms with Crippen molar-refractivity contribution < 1.29 is 37.7 Å². The lowest BCUT2D eigenvalue weighted by atomic mass is 9.90. The second kappa shape index (κ2) is 13.4. The van der Waals surface area contributed by atoms with E-state index in [2.05, 4.69) is 6.92 Å². The van der Waals surface area contributed by atoms with Gasteiger partial charge in [0.25, 0.3) is 0 Å². The zero-order valence-electron chi connectivity index (χ0n) is 27.2. The van der Waals surface area contributed by atoms with Crippen molar-refractivity contribution in [3.63, 3.8) is 0 Å². The van der Waals surface area contributed by atoms with Crippen LogP contribution in [0.25, 0.3) is 33.4 Å². The van der Waals surface area contributed by atoms with E-state index >= 15 is 0 Å². The first-order valence-electron chi connectivity index (χ1n) is 14.9. The maximum absolute atomic E-state index is 14.9. The Labute approximate surface area is 265 Å². The van der Waals surface area contributed by atoms with Crippen LogP contribution in [-0.4, -0.2) is 54.7 Å². The van der Waals surface area contributed by atoms with Crippen LogP contribution in [0.2, 0.25) is 0 Å². The van der Waals surface area contributed by atoms with Crippen LogP contribution < -0.4 is 38.5 Å². The molecule has 0 radical (unpaired) electrons. The van der Waals surface area contributed by atoms with Crippen LogP contribution in [0.15, 0.2) is 60.7 Å². The molecule has 45 heavy (non-hydrogen) atoms. The van der Waals surface area contributed by atoms with Crippen LogP contribution in [0.3, 0.4) is 0 Å². The van der Waals surface area contributed by atoms with E-state index in [1.165, 1.54) is 0 Å². The zero-order valence-corrected chi connectivity index (χ0v) is 28.1. The third kappa shape index (κ3) is 5.80. The fraction of sp³-hybridized carbons (Fsp3) is 0.333. The summed E-state index contributed by atoms with van der Waals surface area (Å²) in [6.07, 6.45) is 2.30. The summed E-state index contributed by atoms with van der Waals surface area (Å²) in [5.74, 6) is 3.79. The van der Waals surface area contributed by atoms with E-state index in [0.717, 1.165) is 46.0 Å². The average Bonchev–Trinajstić information content (AvgIpc) is 3.34. The summed E-state index contributed by atoms with van der Waals surface area (Å²) < 4.78 is 56.2. The number of hydrogen-bond acceptors (Lipinski definition) is 8. The molecule has 9 heteroatoms. The number of fused-ring (bicyclic) bond motifs is 1. The molecule has 0 saturated carbocycles. The first kappa shape index (κ1) is 32.1. The SMILES string of the molecule is CCCCP1(=O)c2c(cccc2-c2c(OC)c(-c3cc(OC)cc(OC)c3)cc(-c3cc(OC)cc(OC)c3)c2OC)O[C@@H]1C. The lowest BCUT2D eigenvalue weighted by Gasteiger charge is -2.24. The minimum atomic E-state index is -2.97. The highest BCUT2D eigenvalue weighted by Crippen LogP contribution is 2.61. The molecule has 0 saturated heterocycles. The summed E-state index contributed by atoms with van der Waals surface area (Å²) in [7, 11) is 6.76. The Hall–Kier alpha value is -4.29. The molecule has 1 aliphatic heterocycles. The summed E-state index contributed by atoms with van der Waals surface area (Å²) in [6, 6.07) is 19.2. The van der Waals surface area contributed by atoms with Crippen molar-refractivity contribution in [1.82, 2.24) is 0 Å². The summed E-state index contributed by atoms with van der Waals surface area (Å²) in [4.78, 5) is 0. The van der Waals surface area contributed by atoms with Gasteiger partial charge in [0.05, 0.1) is 53.5 Å². The smallest absolute Gasteiger partial charge is 0.158 e. The number of benzene rings is 4. The van der Waals surface area contributed by atoms with E-state index in [1.807, 2.05) is 67.6 Å². The van der Waals surface area contributed by atoms with Gasteiger partial charge in [-0.25, -0.2) is 0 Å². The Kier molecular flexibility index (Phi) is 9.54.